The molecule has 2 saturated heterocycles. The first-order chi connectivity index (χ1) is 14.2. The molecule has 2 fully saturated rings. The molecule has 9 nitrogen and oxygen atoms in total. The standard InChI is InChI=1S/C21H28O9/c1-10-4-3-5-12(6-7-13-11(2)19(26)28-14(13)8-10)20(27)30-21-18(25)17(24)16(23)15(9-22)29-21/h5,8,13-18,21-25H,2-4,6-7,9H2,1H3/b10-8+,12-5+/t13-,14-,15+,16+,17-,18+,21-/m0/s1. The van der Waals surface area contributed by atoms with Crippen molar-refractivity contribution in [2.75, 3.05) is 6.61 Å². The number of allylic oxidation sites excluding steroid dienone is 2. The van der Waals surface area contributed by atoms with Crippen LogP contribution in [0, 0.1) is 5.92 Å². The molecule has 1 aliphatic carbocycles. The van der Waals surface area contributed by atoms with Crippen LogP contribution in [0.4, 0.5) is 0 Å². The molecule has 9 heteroatoms. The summed E-state index contributed by atoms with van der Waals surface area (Å²) in [7, 11) is 0. The van der Waals surface area contributed by atoms with Crippen molar-refractivity contribution in [3.05, 3.63) is 35.5 Å². The van der Waals surface area contributed by atoms with E-state index in [0.29, 0.717) is 36.8 Å². The number of hydrogen-bond acceptors (Lipinski definition) is 9. The Hall–Kier alpha value is -2.04. The number of carbonyl (C=O) groups is 2. The van der Waals surface area contributed by atoms with E-state index >= 15 is 0 Å². The molecule has 0 aromatic heterocycles. The van der Waals surface area contributed by atoms with E-state index in [0.717, 1.165) is 5.57 Å². The van der Waals surface area contributed by atoms with Gasteiger partial charge in [0.05, 0.1) is 6.61 Å². The summed E-state index contributed by atoms with van der Waals surface area (Å²) in [5.74, 6) is -1.44. The minimum Gasteiger partial charge on any atom is -0.454 e. The molecule has 0 aromatic carbocycles. The van der Waals surface area contributed by atoms with Crippen molar-refractivity contribution in [2.24, 2.45) is 5.92 Å². The molecule has 0 bridgehead atoms. The van der Waals surface area contributed by atoms with Crippen molar-refractivity contribution in [3.63, 3.8) is 0 Å². The molecule has 0 saturated carbocycles. The lowest BCUT2D eigenvalue weighted by molar-refractivity contribution is -0.291. The molecule has 2 heterocycles. The average Bonchev–Trinajstić information content (AvgIpc) is 2.97. The van der Waals surface area contributed by atoms with Crippen LogP contribution in [-0.4, -0.2) is 75.8 Å². The summed E-state index contributed by atoms with van der Waals surface area (Å²) in [5.41, 5.74) is 1.73. The van der Waals surface area contributed by atoms with Gasteiger partial charge in [-0.3, -0.25) is 0 Å². The highest BCUT2D eigenvalue weighted by atomic mass is 16.7. The third kappa shape index (κ3) is 4.65. The molecule has 3 rings (SSSR count). The highest BCUT2D eigenvalue weighted by molar-refractivity contribution is 5.91. The van der Waals surface area contributed by atoms with E-state index in [1.165, 1.54) is 0 Å². The Labute approximate surface area is 174 Å². The van der Waals surface area contributed by atoms with Gasteiger partial charge in [0.25, 0.3) is 0 Å². The van der Waals surface area contributed by atoms with Crippen LogP contribution < -0.4 is 0 Å². The molecule has 30 heavy (non-hydrogen) atoms. The van der Waals surface area contributed by atoms with E-state index in [9.17, 15) is 30.0 Å². The van der Waals surface area contributed by atoms with Crippen molar-refractivity contribution >= 4 is 11.9 Å². The average molecular weight is 424 g/mol. The number of aliphatic hydroxyl groups excluding tert-OH is 4. The van der Waals surface area contributed by atoms with Gasteiger partial charge in [-0.2, -0.15) is 0 Å². The van der Waals surface area contributed by atoms with Crippen LogP contribution in [0.5, 0.6) is 0 Å². The fraction of sp³-hybridized carbons (Fsp3) is 0.619. The van der Waals surface area contributed by atoms with Gasteiger partial charge in [-0.05, 0) is 38.7 Å². The Bertz CT molecular complexity index is 754. The lowest BCUT2D eigenvalue weighted by atomic mass is 9.88. The van der Waals surface area contributed by atoms with E-state index < -0.39 is 55.4 Å². The van der Waals surface area contributed by atoms with Crippen LogP contribution in [-0.2, 0) is 23.8 Å². The maximum Gasteiger partial charge on any atom is 0.336 e. The first-order valence-electron chi connectivity index (χ1n) is 10.0. The molecule has 0 radical (unpaired) electrons. The number of fused-ring (bicyclic) bond motifs is 1. The monoisotopic (exact) mass is 424 g/mol. The zero-order chi connectivity index (χ0) is 22.0. The first kappa shape index (κ1) is 22.6. The Balaban J connectivity index is 1.72. The van der Waals surface area contributed by atoms with Gasteiger partial charge in [0.1, 0.15) is 30.5 Å². The van der Waals surface area contributed by atoms with E-state index in [1.807, 2.05) is 13.0 Å². The van der Waals surface area contributed by atoms with Gasteiger partial charge in [0.2, 0.25) is 6.29 Å². The van der Waals surface area contributed by atoms with E-state index in [2.05, 4.69) is 6.58 Å². The van der Waals surface area contributed by atoms with Gasteiger partial charge in [0, 0.05) is 17.1 Å². The van der Waals surface area contributed by atoms with Crippen LogP contribution >= 0.6 is 0 Å². The summed E-state index contributed by atoms with van der Waals surface area (Å²) in [5, 5.41) is 39.1. The molecule has 166 valence electrons. The lowest BCUT2D eigenvalue weighted by Crippen LogP contribution is -2.59. The Morgan fingerprint density at radius 2 is 1.97 bits per heavy atom. The molecule has 0 amide bonds. The van der Waals surface area contributed by atoms with Gasteiger partial charge in [-0.1, -0.05) is 18.2 Å². The minimum absolute atomic E-state index is 0.256. The third-order valence-corrected chi connectivity index (χ3v) is 5.79. The summed E-state index contributed by atoms with van der Waals surface area (Å²) >= 11 is 0. The molecule has 3 aliphatic rings. The number of ether oxygens (including phenoxy) is 3. The second-order valence-electron chi connectivity index (χ2n) is 7.92. The topological polar surface area (TPSA) is 143 Å². The van der Waals surface area contributed by atoms with E-state index in [-0.39, 0.29) is 5.92 Å². The van der Waals surface area contributed by atoms with Crippen LogP contribution in [0.15, 0.2) is 35.5 Å². The molecule has 4 N–H and O–H groups in total. The zero-order valence-electron chi connectivity index (χ0n) is 16.8. The quantitative estimate of drug-likeness (QED) is 0.277. The summed E-state index contributed by atoms with van der Waals surface area (Å²) in [6.45, 7) is 5.12. The Morgan fingerprint density at radius 3 is 2.67 bits per heavy atom. The highest BCUT2D eigenvalue weighted by Crippen LogP contribution is 2.34. The number of carbonyl (C=O) groups excluding carboxylic acids is 2. The van der Waals surface area contributed by atoms with Crippen LogP contribution in [0.1, 0.15) is 32.6 Å². The van der Waals surface area contributed by atoms with Crippen molar-refractivity contribution in [3.8, 4) is 0 Å². The summed E-state index contributed by atoms with van der Waals surface area (Å²) in [6.07, 6.45) is -2.34. The molecular weight excluding hydrogens is 396 g/mol. The number of esters is 2. The first-order valence-corrected chi connectivity index (χ1v) is 10.0. The van der Waals surface area contributed by atoms with Crippen molar-refractivity contribution < 1.29 is 44.2 Å². The Kier molecular flexibility index (Phi) is 7.10. The zero-order valence-corrected chi connectivity index (χ0v) is 16.8. The second kappa shape index (κ2) is 9.40. The SMILES string of the molecule is C=C1C(=O)O[C@H]2/C=C(\C)CC/C=C(/C(=O)O[C@@H]3O[C@H](CO)[C@@H](O)[C@H](O)[C@H]3O)CC[C@@H]12. The molecule has 2 aliphatic heterocycles. The predicted octanol–water partition coefficient (Wildman–Crippen LogP) is -0.126. The maximum absolute atomic E-state index is 12.8. The number of aliphatic hydroxyl groups is 4. The second-order valence-corrected chi connectivity index (χ2v) is 7.92. The lowest BCUT2D eigenvalue weighted by Gasteiger charge is -2.39. The number of rotatable bonds is 3. The molecule has 0 unspecified atom stereocenters. The van der Waals surface area contributed by atoms with Gasteiger partial charge in [0.15, 0.2) is 0 Å². The predicted molar refractivity (Wildman–Crippen MR) is 103 cm³/mol. The normalized spacial score (nSPS) is 41.0. The van der Waals surface area contributed by atoms with E-state index in [4.69, 9.17) is 14.2 Å². The summed E-state index contributed by atoms with van der Waals surface area (Å²) < 4.78 is 15.9. The molecular formula is C21H28O9. The van der Waals surface area contributed by atoms with Crippen LogP contribution in [0.2, 0.25) is 0 Å². The van der Waals surface area contributed by atoms with E-state index in [1.54, 1.807) is 6.08 Å². The maximum atomic E-state index is 12.8. The Morgan fingerprint density at radius 1 is 1.23 bits per heavy atom. The van der Waals surface area contributed by atoms with Crippen molar-refractivity contribution in [1.82, 2.24) is 0 Å². The highest BCUT2D eigenvalue weighted by Gasteiger charge is 2.45. The van der Waals surface area contributed by atoms with Crippen molar-refractivity contribution in [2.45, 2.75) is 69.4 Å². The van der Waals surface area contributed by atoms with Crippen molar-refractivity contribution in [1.29, 1.82) is 0 Å². The van der Waals surface area contributed by atoms with Crippen LogP contribution in [0.25, 0.3) is 0 Å². The fourth-order valence-electron chi connectivity index (χ4n) is 3.90. The van der Waals surface area contributed by atoms with Gasteiger partial charge in [-0.15, -0.1) is 0 Å². The summed E-state index contributed by atoms with van der Waals surface area (Å²) in [6, 6.07) is 0. The number of hydrogen-bond donors (Lipinski definition) is 4. The fourth-order valence-corrected chi connectivity index (χ4v) is 3.90. The largest absolute Gasteiger partial charge is 0.454 e. The summed E-state index contributed by atoms with van der Waals surface area (Å²) in [4.78, 5) is 24.7. The molecule has 7 atom stereocenters. The minimum atomic E-state index is -1.66. The van der Waals surface area contributed by atoms with Crippen LogP contribution in [0.3, 0.4) is 0 Å². The third-order valence-electron chi connectivity index (χ3n) is 5.79. The van der Waals surface area contributed by atoms with Gasteiger partial charge >= 0.3 is 11.9 Å². The van der Waals surface area contributed by atoms with Gasteiger partial charge < -0.3 is 34.6 Å². The molecule has 0 spiro atoms. The smallest absolute Gasteiger partial charge is 0.336 e. The van der Waals surface area contributed by atoms with Gasteiger partial charge in [-0.25, -0.2) is 9.59 Å². The molecule has 0 aromatic rings.